The van der Waals surface area contributed by atoms with Crippen molar-refractivity contribution in [3.8, 4) is 0 Å². The molecule has 0 radical (unpaired) electrons. The largest absolute Gasteiger partial charge is 0.469 e. The summed E-state index contributed by atoms with van der Waals surface area (Å²) in [5.74, 6) is -0.281. The Morgan fingerprint density at radius 3 is 2.70 bits per heavy atom. The average molecular weight is 276 g/mol. The number of hydrogen-bond donors (Lipinski definition) is 2. The first-order chi connectivity index (χ1) is 9.36. The molecule has 0 bridgehead atoms. The Kier molecular flexibility index (Phi) is 3.72. The zero-order valence-electron chi connectivity index (χ0n) is 12.2. The number of aryl methyl sites for hydroxylation is 1. The monoisotopic (exact) mass is 276 g/mol. The number of aliphatic hydroxyl groups excluding tert-OH is 1. The van der Waals surface area contributed by atoms with Crippen molar-refractivity contribution < 1.29 is 14.6 Å². The molecule has 1 aromatic heterocycles. The molecule has 1 unspecified atom stereocenters. The molecule has 0 aliphatic heterocycles. The summed E-state index contributed by atoms with van der Waals surface area (Å²) in [6, 6.07) is 3.70. The number of rotatable bonds is 3. The number of methoxy groups -OCH3 is 1. The molecular weight excluding hydrogens is 256 g/mol. The highest BCUT2D eigenvalue weighted by Gasteiger charge is 2.18. The minimum absolute atomic E-state index is 0.211. The van der Waals surface area contributed by atoms with Crippen LogP contribution >= 0.6 is 0 Å². The summed E-state index contributed by atoms with van der Waals surface area (Å²) in [4.78, 5) is 11.6. The van der Waals surface area contributed by atoms with Crippen molar-refractivity contribution >= 4 is 22.6 Å². The number of fused-ring (bicyclic) bond motifs is 1. The van der Waals surface area contributed by atoms with Crippen molar-refractivity contribution in [3.05, 3.63) is 29.0 Å². The third kappa shape index (κ3) is 2.25. The van der Waals surface area contributed by atoms with Crippen molar-refractivity contribution in [3.63, 3.8) is 0 Å². The van der Waals surface area contributed by atoms with Crippen LogP contribution in [0.25, 0.3) is 10.9 Å². The van der Waals surface area contributed by atoms with Crippen LogP contribution in [0.5, 0.6) is 0 Å². The van der Waals surface area contributed by atoms with Gasteiger partial charge >= 0.3 is 5.97 Å². The van der Waals surface area contributed by atoms with E-state index in [1.165, 1.54) is 7.11 Å². The number of nitrogens with two attached hydrogens (primary N) is 1. The van der Waals surface area contributed by atoms with Crippen molar-refractivity contribution in [2.45, 2.75) is 26.4 Å². The molecule has 0 saturated heterocycles. The fraction of sp³-hybridized carbons (Fsp3) is 0.400. The van der Waals surface area contributed by atoms with Crippen LogP contribution in [0.4, 0.5) is 5.69 Å². The van der Waals surface area contributed by atoms with Crippen LogP contribution in [0.3, 0.4) is 0 Å². The van der Waals surface area contributed by atoms with Gasteiger partial charge in [-0.3, -0.25) is 4.79 Å². The molecule has 5 heteroatoms. The van der Waals surface area contributed by atoms with Gasteiger partial charge in [-0.15, -0.1) is 0 Å². The van der Waals surface area contributed by atoms with Crippen LogP contribution in [0, 0.1) is 6.92 Å². The Bertz CT molecular complexity index is 672. The van der Waals surface area contributed by atoms with E-state index in [9.17, 15) is 9.90 Å². The summed E-state index contributed by atoms with van der Waals surface area (Å²) >= 11 is 0. The highest BCUT2D eigenvalue weighted by molar-refractivity contribution is 5.92. The smallest absolute Gasteiger partial charge is 0.310 e. The highest BCUT2D eigenvalue weighted by atomic mass is 16.5. The van der Waals surface area contributed by atoms with Gasteiger partial charge in [0.15, 0.2) is 0 Å². The van der Waals surface area contributed by atoms with Gasteiger partial charge in [-0.05, 0) is 31.5 Å². The Morgan fingerprint density at radius 2 is 2.15 bits per heavy atom. The zero-order chi connectivity index (χ0) is 15.0. The van der Waals surface area contributed by atoms with Gasteiger partial charge < -0.3 is 20.1 Å². The maximum atomic E-state index is 11.6. The zero-order valence-corrected chi connectivity index (χ0v) is 12.2. The number of carbonyl (C=O) groups excluding carboxylic acids is 1. The summed E-state index contributed by atoms with van der Waals surface area (Å²) in [5.41, 5.74) is 10.1. The molecule has 0 saturated carbocycles. The second-order valence-corrected chi connectivity index (χ2v) is 5.05. The maximum Gasteiger partial charge on any atom is 0.310 e. The molecule has 2 aromatic rings. The Balaban J connectivity index is 2.70. The van der Waals surface area contributed by atoms with Gasteiger partial charge in [0.1, 0.15) is 0 Å². The molecule has 20 heavy (non-hydrogen) atoms. The van der Waals surface area contributed by atoms with Crippen molar-refractivity contribution in [2.75, 3.05) is 12.8 Å². The van der Waals surface area contributed by atoms with Crippen LogP contribution in [-0.2, 0) is 23.0 Å². The quantitative estimate of drug-likeness (QED) is 0.662. The van der Waals surface area contributed by atoms with Gasteiger partial charge in [-0.2, -0.15) is 0 Å². The van der Waals surface area contributed by atoms with E-state index in [0.29, 0.717) is 11.3 Å². The van der Waals surface area contributed by atoms with E-state index < -0.39 is 6.10 Å². The van der Waals surface area contributed by atoms with E-state index in [0.717, 1.165) is 22.2 Å². The predicted octanol–water partition coefficient (Wildman–Crippen LogP) is 1.84. The first-order valence-corrected chi connectivity index (χ1v) is 6.49. The topological polar surface area (TPSA) is 77.5 Å². The van der Waals surface area contributed by atoms with Gasteiger partial charge in [0, 0.05) is 29.4 Å². The first kappa shape index (κ1) is 14.4. The molecule has 0 aliphatic carbocycles. The van der Waals surface area contributed by atoms with Crippen molar-refractivity contribution in [2.24, 2.45) is 7.05 Å². The first-order valence-electron chi connectivity index (χ1n) is 6.49. The summed E-state index contributed by atoms with van der Waals surface area (Å²) in [6.45, 7) is 3.63. The standard InChI is InChI=1S/C15H20N2O3/c1-8-10(6-15(19)20-4)12-5-11(9(2)18)13(16)7-14(12)17(8)3/h5,7,9,18H,6,16H2,1-4H3. The molecule has 1 aromatic carbocycles. The maximum absolute atomic E-state index is 11.6. The predicted molar refractivity (Wildman–Crippen MR) is 78.4 cm³/mol. The number of benzene rings is 1. The fourth-order valence-corrected chi connectivity index (χ4v) is 2.52. The number of aromatic nitrogens is 1. The number of hydrogen-bond acceptors (Lipinski definition) is 4. The normalized spacial score (nSPS) is 12.7. The number of carbonyl (C=O) groups is 1. The molecule has 0 fully saturated rings. The third-order valence-electron chi connectivity index (χ3n) is 3.83. The van der Waals surface area contributed by atoms with Gasteiger partial charge in [0.2, 0.25) is 0 Å². The Hall–Kier alpha value is -2.01. The van der Waals surface area contributed by atoms with Crippen molar-refractivity contribution in [1.82, 2.24) is 4.57 Å². The number of ether oxygens (including phenoxy) is 1. The number of nitrogens with zero attached hydrogens (tertiary/aromatic N) is 1. The number of aliphatic hydroxyl groups is 1. The van der Waals surface area contributed by atoms with Crippen LogP contribution in [0.1, 0.15) is 29.8 Å². The summed E-state index contributed by atoms with van der Waals surface area (Å²) < 4.78 is 6.74. The number of nitrogen functional groups attached to an aromatic ring is 1. The molecule has 108 valence electrons. The SMILES string of the molecule is COC(=O)Cc1c(C)n(C)c2cc(N)c(C(C)O)cc12. The van der Waals surface area contributed by atoms with Gasteiger partial charge in [0.05, 0.1) is 25.2 Å². The van der Waals surface area contributed by atoms with Crippen LogP contribution in [0.2, 0.25) is 0 Å². The molecule has 3 N–H and O–H groups in total. The van der Waals surface area contributed by atoms with Crippen molar-refractivity contribution in [1.29, 1.82) is 0 Å². The molecule has 1 heterocycles. The van der Waals surface area contributed by atoms with Crippen LogP contribution in [0.15, 0.2) is 12.1 Å². The lowest BCUT2D eigenvalue weighted by atomic mass is 10.0. The molecule has 2 rings (SSSR count). The summed E-state index contributed by atoms with van der Waals surface area (Å²) in [6.07, 6.45) is -0.436. The Morgan fingerprint density at radius 1 is 1.50 bits per heavy atom. The van der Waals surface area contributed by atoms with E-state index in [4.69, 9.17) is 10.5 Å². The van der Waals surface area contributed by atoms with Gasteiger partial charge in [-0.25, -0.2) is 0 Å². The molecule has 0 spiro atoms. The lowest BCUT2D eigenvalue weighted by molar-refractivity contribution is -0.139. The molecule has 0 amide bonds. The average Bonchev–Trinajstić information content (AvgIpc) is 2.62. The van der Waals surface area contributed by atoms with E-state index >= 15 is 0 Å². The van der Waals surface area contributed by atoms with Gasteiger partial charge in [-0.1, -0.05) is 0 Å². The third-order valence-corrected chi connectivity index (χ3v) is 3.83. The molecule has 0 aliphatic rings. The summed E-state index contributed by atoms with van der Waals surface area (Å²) in [7, 11) is 3.31. The minimum Gasteiger partial charge on any atom is -0.469 e. The molecular formula is C15H20N2O3. The van der Waals surface area contributed by atoms with E-state index in [2.05, 4.69) is 0 Å². The fourth-order valence-electron chi connectivity index (χ4n) is 2.52. The van der Waals surface area contributed by atoms with E-state index in [-0.39, 0.29) is 12.4 Å². The lowest BCUT2D eigenvalue weighted by Gasteiger charge is -2.10. The van der Waals surface area contributed by atoms with E-state index in [1.54, 1.807) is 6.92 Å². The highest BCUT2D eigenvalue weighted by Crippen LogP contribution is 2.32. The second kappa shape index (κ2) is 5.17. The molecule has 1 atom stereocenters. The van der Waals surface area contributed by atoms with Gasteiger partial charge in [0.25, 0.3) is 0 Å². The molecule has 5 nitrogen and oxygen atoms in total. The minimum atomic E-state index is -0.647. The summed E-state index contributed by atoms with van der Waals surface area (Å²) in [5, 5.41) is 10.7. The lowest BCUT2D eigenvalue weighted by Crippen LogP contribution is -2.05. The van der Waals surface area contributed by atoms with Crippen LogP contribution < -0.4 is 5.73 Å². The van der Waals surface area contributed by atoms with E-state index in [1.807, 2.05) is 30.7 Å². The number of anilines is 1. The second-order valence-electron chi connectivity index (χ2n) is 5.05. The number of esters is 1. The Labute approximate surface area is 117 Å². The van der Waals surface area contributed by atoms with Crippen LogP contribution in [-0.4, -0.2) is 22.8 Å².